The molecule has 9 aromatic carbocycles. The van der Waals surface area contributed by atoms with Crippen molar-refractivity contribution < 1.29 is 0 Å². The Balaban J connectivity index is 0.807. The molecule has 4 heterocycles. The van der Waals surface area contributed by atoms with Gasteiger partial charge in [0.1, 0.15) is 10.3 Å². The summed E-state index contributed by atoms with van der Waals surface area (Å²) in [4.78, 5) is 11.2. The highest BCUT2D eigenvalue weighted by atomic mass is 32.1. The highest BCUT2D eigenvalue weighted by Crippen LogP contribution is 2.43. The van der Waals surface area contributed by atoms with E-state index in [4.69, 9.17) is 9.97 Å². The maximum absolute atomic E-state index is 5.22. The van der Waals surface area contributed by atoms with Gasteiger partial charge in [-0.1, -0.05) is 152 Å². The summed E-state index contributed by atoms with van der Waals surface area (Å²) < 4.78 is 6.50. The molecule has 0 aliphatic heterocycles. The second-order valence-corrected chi connectivity index (χ2v) is 19.2. The third kappa shape index (κ3) is 6.19. The quantitative estimate of drug-likeness (QED) is 0.167. The predicted molar refractivity (Wildman–Crippen MR) is 273 cm³/mol. The van der Waals surface area contributed by atoms with Crippen LogP contribution in [-0.4, -0.2) is 9.97 Å². The molecule has 0 N–H and O–H groups in total. The van der Waals surface area contributed by atoms with E-state index >= 15 is 0 Å². The molecule has 0 fully saturated rings. The van der Waals surface area contributed by atoms with Crippen molar-refractivity contribution in [2.45, 2.75) is 0 Å². The SMILES string of the molecule is c1cc(-c2cccc(-c3cccc4c3sc3ccccc34)c2)cc(-c2ccc3sc4nc(-c5cccc(-c6cccc(-c7cccc8c7sc7ccccc78)c6)c5)cnc4c3c2)c1. The molecule has 4 aromatic heterocycles. The zero-order valence-corrected chi connectivity index (χ0v) is 36.2. The van der Waals surface area contributed by atoms with Gasteiger partial charge in [-0.2, -0.15) is 0 Å². The first-order valence-corrected chi connectivity index (χ1v) is 23.6. The summed E-state index contributed by atoms with van der Waals surface area (Å²) in [5.74, 6) is 0. The maximum Gasteiger partial charge on any atom is 0.143 e. The Morgan fingerprint density at radius 2 is 0.730 bits per heavy atom. The van der Waals surface area contributed by atoms with E-state index in [9.17, 15) is 0 Å². The molecule has 5 heteroatoms. The van der Waals surface area contributed by atoms with Gasteiger partial charge < -0.3 is 0 Å². The third-order valence-electron chi connectivity index (χ3n) is 12.4. The zero-order chi connectivity index (χ0) is 41.4. The Morgan fingerprint density at radius 1 is 0.302 bits per heavy atom. The van der Waals surface area contributed by atoms with Gasteiger partial charge in [-0.3, -0.25) is 4.98 Å². The van der Waals surface area contributed by atoms with Crippen LogP contribution in [0.5, 0.6) is 0 Å². The number of fused-ring (bicyclic) bond motifs is 9. The van der Waals surface area contributed by atoms with E-state index < -0.39 is 0 Å². The molecule has 0 spiro atoms. The van der Waals surface area contributed by atoms with E-state index in [1.54, 1.807) is 11.3 Å². The predicted octanol–water partition coefficient (Wildman–Crippen LogP) is 17.6. The summed E-state index contributed by atoms with van der Waals surface area (Å²) in [5.41, 5.74) is 15.0. The average molecular weight is 855 g/mol. The van der Waals surface area contributed by atoms with Crippen molar-refractivity contribution in [3.8, 4) is 66.9 Å². The fourth-order valence-corrected chi connectivity index (χ4v) is 12.8. The molecule has 0 unspecified atom stereocenters. The molecule has 0 bridgehead atoms. The van der Waals surface area contributed by atoms with Crippen LogP contribution in [0.1, 0.15) is 0 Å². The van der Waals surface area contributed by atoms with Crippen LogP contribution in [0.15, 0.2) is 206 Å². The minimum Gasteiger partial charge on any atom is -0.251 e. The van der Waals surface area contributed by atoms with Crippen molar-refractivity contribution in [3.05, 3.63) is 206 Å². The summed E-state index contributed by atoms with van der Waals surface area (Å²) >= 11 is 5.46. The summed E-state index contributed by atoms with van der Waals surface area (Å²) in [7, 11) is 0. The van der Waals surface area contributed by atoms with Crippen molar-refractivity contribution in [2.24, 2.45) is 0 Å². The fourth-order valence-electron chi connectivity index (χ4n) is 9.27. The van der Waals surface area contributed by atoms with Gasteiger partial charge in [0, 0.05) is 56.0 Å². The molecule has 0 radical (unpaired) electrons. The Kier molecular flexibility index (Phi) is 8.48. The number of rotatable bonds is 6. The smallest absolute Gasteiger partial charge is 0.143 e. The van der Waals surface area contributed by atoms with Gasteiger partial charge in [0.2, 0.25) is 0 Å². The molecule has 0 aliphatic rings. The molecule has 0 saturated carbocycles. The lowest BCUT2D eigenvalue weighted by molar-refractivity contribution is 1.32. The van der Waals surface area contributed by atoms with E-state index in [1.807, 2.05) is 28.9 Å². The Hall–Kier alpha value is -7.28. The lowest BCUT2D eigenvalue weighted by Gasteiger charge is -2.10. The first-order chi connectivity index (χ1) is 31.2. The molecule has 2 nitrogen and oxygen atoms in total. The van der Waals surface area contributed by atoms with Gasteiger partial charge in [-0.25, -0.2) is 4.98 Å². The van der Waals surface area contributed by atoms with Gasteiger partial charge in [0.15, 0.2) is 0 Å². The minimum absolute atomic E-state index is 0.876. The maximum atomic E-state index is 5.22. The minimum atomic E-state index is 0.876. The monoisotopic (exact) mass is 854 g/mol. The fraction of sp³-hybridized carbons (Fsp3) is 0. The topological polar surface area (TPSA) is 25.8 Å². The highest BCUT2D eigenvalue weighted by molar-refractivity contribution is 7.27. The summed E-state index contributed by atoms with van der Waals surface area (Å²) in [6, 6.07) is 73.0. The molecular formula is C58H34N2S3. The number of aromatic nitrogens is 2. The number of nitrogens with zero attached hydrogens (tertiary/aromatic N) is 2. The van der Waals surface area contributed by atoms with Crippen LogP contribution in [0, 0.1) is 0 Å². The molecule has 0 amide bonds. The number of hydrogen-bond acceptors (Lipinski definition) is 5. The van der Waals surface area contributed by atoms with Crippen molar-refractivity contribution in [3.63, 3.8) is 0 Å². The zero-order valence-electron chi connectivity index (χ0n) is 33.7. The average Bonchev–Trinajstić information content (AvgIpc) is 4.05. The molecule has 0 atom stereocenters. The van der Waals surface area contributed by atoms with Gasteiger partial charge >= 0.3 is 0 Å². The number of thiophene rings is 3. The van der Waals surface area contributed by atoms with Crippen molar-refractivity contribution >= 4 is 94.8 Å². The summed E-state index contributed by atoms with van der Waals surface area (Å²) in [5, 5.41) is 6.42. The standard InChI is InChI=1S/C58H34N2S3/c1-3-25-52-46(19-1)48-23-9-21-44(56(48)61-52)41-16-6-13-37(30-41)35-11-5-12-36(29-35)40-27-28-54-50(33-40)55-58(63-54)60-51(34-59-55)43-18-8-15-39(32-43)38-14-7-17-42(31-38)45-22-10-24-49-47-20-2-4-26-53(47)62-57(45)49/h1-34H. The first kappa shape index (κ1) is 36.4. The van der Waals surface area contributed by atoms with E-state index in [0.29, 0.717) is 0 Å². The lowest BCUT2D eigenvalue weighted by Crippen LogP contribution is -1.88. The number of benzene rings is 9. The van der Waals surface area contributed by atoms with Crippen LogP contribution < -0.4 is 0 Å². The van der Waals surface area contributed by atoms with Crippen molar-refractivity contribution in [1.82, 2.24) is 9.97 Å². The Labute approximate surface area is 375 Å². The van der Waals surface area contributed by atoms with Crippen LogP contribution in [-0.2, 0) is 0 Å². The molecule has 13 rings (SSSR count). The Morgan fingerprint density at radius 3 is 1.30 bits per heavy atom. The third-order valence-corrected chi connectivity index (χ3v) is 15.9. The van der Waals surface area contributed by atoms with E-state index in [0.717, 1.165) is 32.6 Å². The van der Waals surface area contributed by atoms with E-state index in [2.05, 4.69) is 200 Å². The van der Waals surface area contributed by atoms with Crippen LogP contribution in [0.3, 0.4) is 0 Å². The van der Waals surface area contributed by atoms with Crippen LogP contribution in [0.4, 0.5) is 0 Å². The number of hydrogen-bond donors (Lipinski definition) is 0. The molecule has 13 aromatic rings. The second-order valence-electron chi connectivity index (χ2n) is 16.1. The lowest BCUT2D eigenvalue weighted by atomic mass is 9.95. The summed E-state index contributed by atoms with van der Waals surface area (Å²) in [6.45, 7) is 0. The van der Waals surface area contributed by atoms with Crippen LogP contribution >= 0.6 is 34.0 Å². The van der Waals surface area contributed by atoms with E-state index in [-0.39, 0.29) is 0 Å². The molecular weight excluding hydrogens is 821 g/mol. The van der Waals surface area contributed by atoms with Crippen molar-refractivity contribution in [1.29, 1.82) is 0 Å². The van der Waals surface area contributed by atoms with E-state index in [1.165, 1.54) is 95.1 Å². The van der Waals surface area contributed by atoms with Crippen LogP contribution in [0.25, 0.3) is 128 Å². The van der Waals surface area contributed by atoms with Gasteiger partial charge in [-0.15, -0.1) is 34.0 Å². The molecule has 0 saturated heterocycles. The molecule has 63 heavy (non-hydrogen) atoms. The molecule has 294 valence electrons. The van der Waals surface area contributed by atoms with Gasteiger partial charge in [0.05, 0.1) is 11.9 Å². The van der Waals surface area contributed by atoms with Gasteiger partial charge in [-0.05, 0) is 104 Å². The normalized spacial score (nSPS) is 11.8. The Bertz CT molecular complexity index is 3940. The second kappa shape index (κ2) is 14.7. The largest absolute Gasteiger partial charge is 0.251 e. The molecule has 0 aliphatic carbocycles. The van der Waals surface area contributed by atoms with Crippen LogP contribution in [0.2, 0.25) is 0 Å². The first-order valence-electron chi connectivity index (χ1n) is 21.1. The van der Waals surface area contributed by atoms with Gasteiger partial charge in [0.25, 0.3) is 0 Å². The highest BCUT2D eigenvalue weighted by Gasteiger charge is 2.15. The summed E-state index contributed by atoms with van der Waals surface area (Å²) in [6.07, 6.45) is 1.94. The van der Waals surface area contributed by atoms with Crippen molar-refractivity contribution in [2.75, 3.05) is 0 Å².